The molecule has 0 heterocycles. The molecule has 100 valence electrons. The Morgan fingerprint density at radius 2 is 1.72 bits per heavy atom. The molecule has 4 aliphatic carbocycles. The van der Waals surface area contributed by atoms with Gasteiger partial charge in [0.2, 0.25) is 0 Å². The summed E-state index contributed by atoms with van der Waals surface area (Å²) < 4.78 is 0. The lowest BCUT2D eigenvalue weighted by molar-refractivity contribution is -0.0623. The molecule has 4 fully saturated rings. The molecular formula is C16H26N2. The molecule has 1 unspecified atom stereocenters. The van der Waals surface area contributed by atoms with Crippen molar-refractivity contribution < 1.29 is 0 Å². The number of hydrogen-bond acceptors (Lipinski definition) is 2. The topological polar surface area (TPSA) is 38.0 Å². The van der Waals surface area contributed by atoms with Crippen molar-refractivity contribution in [3.05, 3.63) is 0 Å². The van der Waals surface area contributed by atoms with E-state index < -0.39 is 0 Å². The molecule has 4 bridgehead atoms. The number of nitrogens with one attached hydrogen (secondary N) is 1. The van der Waals surface area contributed by atoms with Crippen LogP contribution in [-0.2, 0) is 0 Å². The Morgan fingerprint density at radius 3 is 2.17 bits per heavy atom. The molecule has 0 saturated heterocycles. The van der Waals surface area contributed by atoms with E-state index in [1.807, 2.05) is 0 Å². The van der Waals surface area contributed by atoms with Crippen LogP contribution in [-0.4, -0.2) is 6.04 Å². The maximum atomic E-state index is 5.72. The third kappa shape index (κ3) is 2.31. The molecule has 1 atom stereocenters. The number of hydrazine groups is 1. The lowest BCUT2D eigenvalue weighted by Gasteiger charge is -2.57. The highest BCUT2D eigenvalue weighted by molar-refractivity contribution is 5.02. The Kier molecular flexibility index (Phi) is 3.38. The number of hydrogen-bond donors (Lipinski definition) is 2. The third-order valence-corrected chi connectivity index (χ3v) is 5.72. The third-order valence-electron chi connectivity index (χ3n) is 5.72. The summed E-state index contributed by atoms with van der Waals surface area (Å²) in [6.45, 7) is 0. The highest BCUT2D eigenvalue weighted by Crippen LogP contribution is 2.61. The van der Waals surface area contributed by atoms with Crippen LogP contribution in [0, 0.1) is 35.5 Å². The fourth-order valence-corrected chi connectivity index (χ4v) is 5.56. The molecule has 0 radical (unpaired) electrons. The van der Waals surface area contributed by atoms with E-state index in [1.165, 1.54) is 44.9 Å². The molecule has 4 aliphatic rings. The number of nitrogens with two attached hydrogens (primary N) is 1. The summed E-state index contributed by atoms with van der Waals surface area (Å²) in [7, 11) is 0. The fourth-order valence-electron chi connectivity index (χ4n) is 5.56. The molecule has 2 nitrogen and oxygen atoms in total. The normalized spacial score (nSPS) is 42.8. The quantitative estimate of drug-likeness (QED) is 0.445. The van der Waals surface area contributed by atoms with Crippen LogP contribution >= 0.6 is 0 Å². The van der Waals surface area contributed by atoms with E-state index in [0.717, 1.165) is 30.6 Å². The fraction of sp³-hybridized carbons (Fsp3) is 0.875. The highest BCUT2D eigenvalue weighted by Gasteiger charge is 2.51. The second kappa shape index (κ2) is 4.87. The average Bonchev–Trinajstić information content (AvgIpc) is 2.32. The zero-order valence-electron chi connectivity index (χ0n) is 11.3. The van der Waals surface area contributed by atoms with Crippen molar-refractivity contribution in [2.24, 2.45) is 29.0 Å². The van der Waals surface area contributed by atoms with Crippen molar-refractivity contribution in [3.63, 3.8) is 0 Å². The van der Waals surface area contributed by atoms with Crippen LogP contribution in [0.4, 0.5) is 0 Å². The second-order valence-corrected chi connectivity index (χ2v) is 7.23. The van der Waals surface area contributed by atoms with Gasteiger partial charge in [-0.1, -0.05) is 0 Å². The summed E-state index contributed by atoms with van der Waals surface area (Å²) in [5.74, 6) is 11.6. The first kappa shape index (κ1) is 12.5. The Bertz CT molecular complexity index is 306. The number of terminal acetylenes is 1. The standard InChI is InChI=1S/C16H26N2/c1-2-3-4-15(18-17)11-16-8-12-5-13(9-16)7-14(6-12)10-16/h1,12-15,18H,3-11,17H2. The van der Waals surface area contributed by atoms with Gasteiger partial charge in [0.1, 0.15) is 0 Å². The van der Waals surface area contributed by atoms with Gasteiger partial charge in [0.25, 0.3) is 0 Å². The predicted molar refractivity (Wildman–Crippen MR) is 74.4 cm³/mol. The average molecular weight is 246 g/mol. The van der Waals surface area contributed by atoms with Crippen LogP contribution in [0.5, 0.6) is 0 Å². The van der Waals surface area contributed by atoms with Gasteiger partial charge in [-0.25, -0.2) is 0 Å². The van der Waals surface area contributed by atoms with Crippen LogP contribution in [0.1, 0.15) is 57.8 Å². The Morgan fingerprint density at radius 1 is 1.17 bits per heavy atom. The van der Waals surface area contributed by atoms with E-state index in [4.69, 9.17) is 12.3 Å². The first-order chi connectivity index (χ1) is 8.73. The van der Waals surface area contributed by atoms with Gasteiger partial charge in [0.15, 0.2) is 0 Å². The van der Waals surface area contributed by atoms with E-state index in [0.29, 0.717) is 11.5 Å². The summed E-state index contributed by atoms with van der Waals surface area (Å²) in [5.41, 5.74) is 3.63. The lowest BCUT2D eigenvalue weighted by atomic mass is 9.48. The maximum absolute atomic E-state index is 5.72. The van der Waals surface area contributed by atoms with Gasteiger partial charge in [-0.3, -0.25) is 11.3 Å². The van der Waals surface area contributed by atoms with Gasteiger partial charge < -0.3 is 0 Å². The minimum Gasteiger partial charge on any atom is -0.271 e. The monoisotopic (exact) mass is 246 g/mol. The molecule has 2 heteroatoms. The molecule has 0 aromatic heterocycles. The molecule has 0 aliphatic heterocycles. The SMILES string of the molecule is C#CCCC(CC12CC3CC(CC(C3)C1)C2)NN. The van der Waals surface area contributed by atoms with E-state index >= 15 is 0 Å². The van der Waals surface area contributed by atoms with E-state index in [2.05, 4.69) is 11.3 Å². The van der Waals surface area contributed by atoms with Crippen LogP contribution in [0.25, 0.3) is 0 Å². The second-order valence-electron chi connectivity index (χ2n) is 7.23. The molecule has 18 heavy (non-hydrogen) atoms. The van der Waals surface area contributed by atoms with Crippen molar-refractivity contribution in [2.45, 2.75) is 63.8 Å². The first-order valence-electron chi connectivity index (χ1n) is 7.62. The molecule has 0 aromatic rings. The van der Waals surface area contributed by atoms with Crippen molar-refractivity contribution in [1.29, 1.82) is 0 Å². The van der Waals surface area contributed by atoms with E-state index in [-0.39, 0.29) is 0 Å². The van der Waals surface area contributed by atoms with Crippen LogP contribution < -0.4 is 11.3 Å². The maximum Gasteiger partial charge on any atom is 0.0224 e. The van der Waals surface area contributed by atoms with Gasteiger partial charge >= 0.3 is 0 Å². The Hall–Kier alpha value is -0.520. The van der Waals surface area contributed by atoms with Crippen LogP contribution in [0.2, 0.25) is 0 Å². The summed E-state index contributed by atoms with van der Waals surface area (Å²) in [4.78, 5) is 0. The van der Waals surface area contributed by atoms with Crippen molar-refractivity contribution in [1.82, 2.24) is 5.43 Å². The molecule has 0 aromatic carbocycles. The summed E-state index contributed by atoms with van der Waals surface area (Å²) in [5, 5.41) is 0. The van der Waals surface area contributed by atoms with Crippen LogP contribution in [0.15, 0.2) is 0 Å². The van der Waals surface area contributed by atoms with Crippen molar-refractivity contribution in [3.8, 4) is 12.3 Å². The van der Waals surface area contributed by atoms with Gasteiger partial charge in [-0.05, 0) is 74.5 Å². The zero-order valence-corrected chi connectivity index (χ0v) is 11.3. The largest absolute Gasteiger partial charge is 0.271 e. The molecule has 3 N–H and O–H groups in total. The molecule has 0 spiro atoms. The van der Waals surface area contributed by atoms with Crippen molar-refractivity contribution >= 4 is 0 Å². The highest BCUT2D eigenvalue weighted by atomic mass is 15.2. The van der Waals surface area contributed by atoms with Gasteiger partial charge in [-0.2, -0.15) is 0 Å². The lowest BCUT2D eigenvalue weighted by Crippen LogP contribution is -2.49. The predicted octanol–water partition coefficient (Wildman–Crippen LogP) is 2.84. The van der Waals surface area contributed by atoms with E-state index in [9.17, 15) is 0 Å². The van der Waals surface area contributed by atoms with Gasteiger partial charge in [-0.15, -0.1) is 12.3 Å². The zero-order chi connectivity index (χ0) is 12.6. The van der Waals surface area contributed by atoms with Crippen LogP contribution in [0.3, 0.4) is 0 Å². The smallest absolute Gasteiger partial charge is 0.0224 e. The minimum absolute atomic E-state index is 0.428. The molecule has 0 amide bonds. The summed E-state index contributed by atoms with van der Waals surface area (Å²) in [6.07, 6.45) is 17.5. The van der Waals surface area contributed by atoms with Gasteiger partial charge in [0, 0.05) is 12.5 Å². The van der Waals surface area contributed by atoms with Gasteiger partial charge in [0.05, 0.1) is 0 Å². The summed E-state index contributed by atoms with van der Waals surface area (Å²) in [6, 6.07) is 0.428. The summed E-state index contributed by atoms with van der Waals surface area (Å²) >= 11 is 0. The molecule has 4 saturated carbocycles. The Labute approximate surface area is 111 Å². The molecule has 4 rings (SSSR count). The Balaban J connectivity index is 1.66. The minimum atomic E-state index is 0.428. The van der Waals surface area contributed by atoms with Crippen molar-refractivity contribution in [2.75, 3.05) is 0 Å². The number of rotatable bonds is 5. The first-order valence-corrected chi connectivity index (χ1v) is 7.62. The molecular weight excluding hydrogens is 220 g/mol. The van der Waals surface area contributed by atoms with E-state index in [1.54, 1.807) is 0 Å².